The molecule has 26 heavy (non-hydrogen) atoms. The summed E-state index contributed by atoms with van der Waals surface area (Å²) in [5, 5.41) is 12.2. The Morgan fingerprint density at radius 1 is 1.12 bits per heavy atom. The summed E-state index contributed by atoms with van der Waals surface area (Å²) >= 11 is 5.23. The van der Waals surface area contributed by atoms with Gasteiger partial charge in [-0.3, -0.25) is 14.3 Å². The normalized spacial score (nSPS) is 12.3. The van der Waals surface area contributed by atoms with Crippen LogP contribution in [-0.2, 0) is 0 Å². The molecular weight excluding hydrogens is 348 g/mol. The summed E-state index contributed by atoms with van der Waals surface area (Å²) in [5.74, 6) is 0.0955. The second-order valence-corrected chi connectivity index (χ2v) is 6.27. The lowest BCUT2D eigenvalue weighted by atomic mass is 10.2. The number of nitrogens with one attached hydrogen (secondary N) is 1. The van der Waals surface area contributed by atoms with Crippen LogP contribution in [0.4, 0.5) is 0 Å². The molecule has 0 fully saturated rings. The number of aromatic amines is 1. The molecular formula is C19H14N4O2S. The van der Waals surface area contributed by atoms with Crippen LogP contribution in [0.3, 0.4) is 0 Å². The number of H-pyrrole nitrogens is 1. The molecule has 2 heterocycles. The zero-order valence-corrected chi connectivity index (χ0v) is 14.6. The van der Waals surface area contributed by atoms with Gasteiger partial charge in [0.2, 0.25) is 5.88 Å². The minimum absolute atomic E-state index is 0.0513. The Balaban J connectivity index is 1.93. The van der Waals surface area contributed by atoms with Crippen molar-refractivity contribution in [3.05, 3.63) is 91.3 Å². The van der Waals surface area contributed by atoms with Gasteiger partial charge in [0, 0.05) is 6.08 Å². The topological polar surface area (TPSA) is 82.7 Å². The average Bonchev–Trinajstić information content (AvgIpc) is 3.01. The molecule has 4 rings (SSSR count). The molecule has 0 radical (unpaired) electrons. The Hall–Kier alpha value is -3.32. The first-order valence-corrected chi connectivity index (χ1v) is 8.33. The quantitative estimate of drug-likeness (QED) is 0.686. The maximum Gasteiger partial charge on any atom is 0.262 e. The van der Waals surface area contributed by atoms with Gasteiger partial charge in [-0.25, -0.2) is 9.98 Å². The monoisotopic (exact) mass is 362 g/mol. The van der Waals surface area contributed by atoms with Crippen LogP contribution in [0.2, 0.25) is 0 Å². The van der Waals surface area contributed by atoms with Gasteiger partial charge in [-0.1, -0.05) is 24.3 Å². The van der Waals surface area contributed by atoms with Crippen LogP contribution < -0.4 is 16.3 Å². The molecule has 0 bridgehead atoms. The molecule has 6 nitrogen and oxygen atoms in total. The van der Waals surface area contributed by atoms with E-state index >= 15 is 0 Å². The lowest BCUT2D eigenvalue weighted by molar-refractivity contribution is 0.432. The number of nitrogens with zero attached hydrogens (tertiary/aromatic N) is 3. The highest BCUT2D eigenvalue weighted by Gasteiger charge is 2.14. The first-order chi connectivity index (χ1) is 12.5. The summed E-state index contributed by atoms with van der Waals surface area (Å²) in [7, 11) is 0. The Labute approximate surface area is 153 Å². The van der Waals surface area contributed by atoms with Crippen molar-refractivity contribution in [2.75, 3.05) is 0 Å². The largest absolute Gasteiger partial charge is 0.494 e. The van der Waals surface area contributed by atoms with Crippen molar-refractivity contribution in [1.29, 1.82) is 0 Å². The van der Waals surface area contributed by atoms with E-state index in [9.17, 15) is 9.90 Å². The van der Waals surface area contributed by atoms with E-state index in [1.54, 1.807) is 6.07 Å². The molecule has 0 unspecified atom stereocenters. The Morgan fingerprint density at radius 3 is 2.46 bits per heavy atom. The highest BCUT2D eigenvalue weighted by molar-refractivity contribution is 7.71. The third-order valence-electron chi connectivity index (χ3n) is 4.01. The van der Waals surface area contributed by atoms with Crippen LogP contribution in [0.5, 0.6) is 5.88 Å². The zero-order valence-electron chi connectivity index (χ0n) is 13.8. The van der Waals surface area contributed by atoms with E-state index in [1.165, 1.54) is 10.6 Å². The summed E-state index contributed by atoms with van der Waals surface area (Å²) in [6.45, 7) is 1.94. The van der Waals surface area contributed by atoms with E-state index in [2.05, 4.69) is 15.0 Å². The van der Waals surface area contributed by atoms with Crippen molar-refractivity contribution in [2.45, 2.75) is 6.92 Å². The van der Waals surface area contributed by atoms with E-state index < -0.39 is 5.56 Å². The molecule has 0 saturated carbocycles. The smallest absolute Gasteiger partial charge is 0.262 e. The second kappa shape index (κ2) is 6.20. The summed E-state index contributed by atoms with van der Waals surface area (Å²) in [5.41, 5.74) is 1.22. The second-order valence-electron chi connectivity index (χ2n) is 5.89. The lowest BCUT2D eigenvalue weighted by Crippen LogP contribution is -2.19. The van der Waals surface area contributed by atoms with Crippen molar-refractivity contribution < 1.29 is 5.11 Å². The molecule has 128 valence electrons. The molecule has 0 saturated heterocycles. The number of hydrogen-bond acceptors (Lipinski definition) is 5. The maximum atomic E-state index is 12.3. The number of fused-ring (bicyclic) bond motifs is 1. The minimum Gasteiger partial charge on any atom is -0.494 e. The predicted octanol–water partition coefficient (Wildman–Crippen LogP) is 2.16. The standard InChI is InChI=1S/C19H14N4O2S/c1-11-5-4-6-12(9-11)23-18(25)13(17(24)22-19(23)26)10-16-20-14-7-2-3-8-15(14)21-16/h2-10,25H,1H3,(H,22,24,26). The lowest BCUT2D eigenvalue weighted by Gasteiger charge is -2.11. The van der Waals surface area contributed by atoms with E-state index in [4.69, 9.17) is 12.2 Å². The molecule has 2 N–H and O–H groups in total. The zero-order chi connectivity index (χ0) is 18.3. The molecule has 1 aliphatic rings. The van der Waals surface area contributed by atoms with Crippen molar-refractivity contribution in [3.8, 4) is 11.6 Å². The van der Waals surface area contributed by atoms with Gasteiger partial charge in [0.15, 0.2) is 10.6 Å². The van der Waals surface area contributed by atoms with Crippen molar-refractivity contribution in [1.82, 2.24) is 9.55 Å². The number of para-hydroxylation sites is 2. The maximum absolute atomic E-state index is 12.3. The Morgan fingerprint density at radius 2 is 1.81 bits per heavy atom. The fourth-order valence-electron chi connectivity index (χ4n) is 2.79. The molecule has 2 aromatic carbocycles. The number of aromatic nitrogens is 2. The summed E-state index contributed by atoms with van der Waals surface area (Å²) < 4.78 is 1.53. The van der Waals surface area contributed by atoms with Crippen LogP contribution >= 0.6 is 12.2 Å². The van der Waals surface area contributed by atoms with Gasteiger partial charge >= 0.3 is 0 Å². The van der Waals surface area contributed by atoms with Crippen LogP contribution in [0.15, 0.2) is 69.1 Å². The van der Waals surface area contributed by atoms with Gasteiger partial charge in [0.05, 0.1) is 16.4 Å². The predicted molar refractivity (Wildman–Crippen MR) is 100 cm³/mol. The van der Waals surface area contributed by atoms with Gasteiger partial charge in [-0.2, -0.15) is 0 Å². The molecule has 1 aliphatic heterocycles. The number of hydrogen-bond donors (Lipinski definition) is 2. The molecule has 0 spiro atoms. The van der Waals surface area contributed by atoms with Gasteiger partial charge in [0.25, 0.3) is 5.56 Å². The fourth-order valence-corrected chi connectivity index (χ4v) is 3.08. The van der Waals surface area contributed by atoms with E-state index in [0.717, 1.165) is 16.3 Å². The van der Waals surface area contributed by atoms with Crippen molar-refractivity contribution >= 4 is 18.3 Å². The van der Waals surface area contributed by atoms with Gasteiger partial charge in [-0.05, 0) is 49.0 Å². The third-order valence-corrected chi connectivity index (χ3v) is 4.29. The number of aryl methyl sites for hydroxylation is 1. The van der Waals surface area contributed by atoms with E-state index in [0.29, 0.717) is 11.5 Å². The third kappa shape index (κ3) is 2.78. The van der Waals surface area contributed by atoms with Crippen molar-refractivity contribution in [3.63, 3.8) is 0 Å². The van der Waals surface area contributed by atoms with Crippen LogP contribution in [-0.4, -0.2) is 14.7 Å². The summed E-state index contributed by atoms with van der Waals surface area (Å²) in [6.07, 6.45) is 1.45. The first-order valence-electron chi connectivity index (χ1n) is 7.92. The van der Waals surface area contributed by atoms with Gasteiger partial charge in [-0.15, -0.1) is 0 Å². The first kappa shape index (κ1) is 16.2. The Kier molecular flexibility index (Phi) is 3.85. The molecule has 0 aliphatic carbocycles. The van der Waals surface area contributed by atoms with Gasteiger partial charge < -0.3 is 5.11 Å². The molecule has 7 heteroatoms. The van der Waals surface area contributed by atoms with E-state index in [-0.39, 0.29) is 16.2 Å². The molecule has 3 aromatic rings. The molecule has 0 atom stereocenters. The van der Waals surface area contributed by atoms with Crippen LogP contribution in [0, 0.1) is 11.7 Å². The summed E-state index contributed by atoms with van der Waals surface area (Å²) in [4.78, 5) is 23.7. The average molecular weight is 362 g/mol. The molecule has 1 aromatic heterocycles. The SMILES string of the molecule is Cc1cccc(-n2c(O)c(C=C3N=c4ccccc4=N3)c(=O)[nH]c2=S)c1. The number of benzene rings is 2. The van der Waals surface area contributed by atoms with Crippen LogP contribution in [0.25, 0.3) is 11.8 Å². The molecule has 0 amide bonds. The van der Waals surface area contributed by atoms with E-state index in [1.807, 2.05) is 49.4 Å². The number of aromatic hydroxyl groups is 1. The Bertz CT molecular complexity index is 1270. The highest BCUT2D eigenvalue weighted by atomic mass is 32.1. The van der Waals surface area contributed by atoms with Gasteiger partial charge in [0.1, 0.15) is 5.56 Å². The van der Waals surface area contributed by atoms with Crippen LogP contribution in [0.1, 0.15) is 11.1 Å². The van der Waals surface area contributed by atoms with Crippen molar-refractivity contribution in [2.24, 2.45) is 9.98 Å². The highest BCUT2D eigenvalue weighted by Crippen LogP contribution is 2.22. The number of rotatable bonds is 2. The summed E-state index contributed by atoms with van der Waals surface area (Å²) in [6, 6.07) is 14.9. The minimum atomic E-state index is -0.495. The fraction of sp³-hybridized carbons (Fsp3) is 0.0526.